The Hall–Kier alpha value is -2.21. The Labute approximate surface area is 164 Å². The van der Waals surface area contributed by atoms with Gasteiger partial charge in [-0.1, -0.05) is 12.1 Å². The van der Waals surface area contributed by atoms with Gasteiger partial charge in [-0.3, -0.25) is 4.79 Å². The number of hydrogen-bond donors (Lipinski definition) is 1. The molecule has 0 spiro atoms. The van der Waals surface area contributed by atoms with Gasteiger partial charge in [-0.05, 0) is 30.7 Å². The number of primary amides is 1. The van der Waals surface area contributed by atoms with Crippen LogP contribution in [0, 0.1) is 6.92 Å². The quantitative estimate of drug-likeness (QED) is 0.728. The molecular weight excluding hydrogens is 404 g/mol. The van der Waals surface area contributed by atoms with Crippen LogP contribution in [0.2, 0.25) is 0 Å². The minimum absolute atomic E-state index is 0.0220. The fourth-order valence-corrected chi connectivity index (χ4v) is 6.17. The summed E-state index contributed by atoms with van der Waals surface area (Å²) in [4.78, 5) is 11.5. The molecule has 1 aliphatic rings. The standard InChI is InChI=1S/C17H22N4O5S2/c1-13-4-3-5-14(10-13)27(23,24)20-6-8-21(9-7-20)28(25,26)15-11-16(17(18)22)19(2)12-15/h3-5,10-12H,6-9H2,1-2H3,(H2,18,22). The fourth-order valence-electron chi connectivity index (χ4n) is 3.14. The summed E-state index contributed by atoms with van der Waals surface area (Å²) in [6.07, 6.45) is 1.32. The highest BCUT2D eigenvalue weighted by Gasteiger charge is 2.34. The summed E-state index contributed by atoms with van der Waals surface area (Å²) in [6, 6.07) is 7.83. The Morgan fingerprint density at radius 2 is 1.46 bits per heavy atom. The van der Waals surface area contributed by atoms with E-state index in [0.717, 1.165) is 5.56 Å². The first-order chi connectivity index (χ1) is 13.0. The van der Waals surface area contributed by atoms with E-state index in [4.69, 9.17) is 5.73 Å². The number of amides is 1. The first-order valence-electron chi connectivity index (χ1n) is 8.56. The summed E-state index contributed by atoms with van der Waals surface area (Å²) in [5, 5.41) is 0. The molecule has 2 N–H and O–H groups in total. The van der Waals surface area contributed by atoms with Crippen molar-refractivity contribution in [1.82, 2.24) is 13.2 Å². The Morgan fingerprint density at radius 1 is 0.929 bits per heavy atom. The van der Waals surface area contributed by atoms with Crippen LogP contribution in [0.3, 0.4) is 0 Å². The lowest BCUT2D eigenvalue weighted by molar-refractivity contribution is 0.0992. The molecule has 152 valence electrons. The van der Waals surface area contributed by atoms with Crippen molar-refractivity contribution < 1.29 is 21.6 Å². The number of aromatic nitrogens is 1. The molecule has 2 heterocycles. The van der Waals surface area contributed by atoms with E-state index in [2.05, 4.69) is 0 Å². The maximum absolute atomic E-state index is 12.8. The Bertz CT molecular complexity index is 1110. The molecule has 1 amide bonds. The number of carbonyl (C=O) groups is 1. The minimum atomic E-state index is -3.85. The summed E-state index contributed by atoms with van der Waals surface area (Å²) in [5.74, 6) is -0.724. The van der Waals surface area contributed by atoms with Crippen molar-refractivity contribution in [2.45, 2.75) is 16.7 Å². The average molecular weight is 427 g/mol. The molecule has 0 saturated carbocycles. The number of rotatable bonds is 5. The van der Waals surface area contributed by atoms with E-state index in [1.165, 1.54) is 38.6 Å². The van der Waals surface area contributed by atoms with Gasteiger partial charge in [0.25, 0.3) is 5.91 Å². The summed E-state index contributed by atoms with van der Waals surface area (Å²) >= 11 is 0. The van der Waals surface area contributed by atoms with Crippen LogP contribution in [0.4, 0.5) is 0 Å². The van der Waals surface area contributed by atoms with E-state index in [1.807, 2.05) is 13.0 Å². The van der Waals surface area contributed by atoms with Crippen molar-refractivity contribution in [3.05, 3.63) is 47.8 Å². The topological polar surface area (TPSA) is 123 Å². The zero-order chi connectivity index (χ0) is 20.7. The van der Waals surface area contributed by atoms with Crippen LogP contribution in [0.1, 0.15) is 16.1 Å². The third-order valence-electron chi connectivity index (χ3n) is 4.70. The van der Waals surface area contributed by atoms with Crippen molar-refractivity contribution in [2.75, 3.05) is 26.2 Å². The number of nitrogens with zero attached hydrogens (tertiary/aromatic N) is 3. The molecule has 3 rings (SSSR count). The third-order valence-corrected chi connectivity index (χ3v) is 8.45. The van der Waals surface area contributed by atoms with Crippen LogP contribution in [-0.4, -0.2) is 62.1 Å². The summed E-state index contributed by atoms with van der Waals surface area (Å²) in [5.41, 5.74) is 6.15. The molecule has 1 aliphatic heterocycles. The molecule has 0 unspecified atom stereocenters. The number of sulfonamides is 2. The lowest BCUT2D eigenvalue weighted by atomic mass is 10.2. The van der Waals surface area contributed by atoms with Crippen molar-refractivity contribution in [3.63, 3.8) is 0 Å². The molecule has 28 heavy (non-hydrogen) atoms. The maximum atomic E-state index is 12.8. The first-order valence-corrected chi connectivity index (χ1v) is 11.4. The van der Waals surface area contributed by atoms with Crippen LogP contribution >= 0.6 is 0 Å². The normalized spacial score (nSPS) is 16.9. The third kappa shape index (κ3) is 3.70. The van der Waals surface area contributed by atoms with Crippen LogP contribution in [0.5, 0.6) is 0 Å². The van der Waals surface area contributed by atoms with Crippen molar-refractivity contribution in [2.24, 2.45) is 12.8 Å². The Balaban J connectivity index is 1.78. The largest absolute Gasteiger partial charge is 0.364 e. The van der Waals surface area contributed by atoms with Gasteiger partial charge in [0.2, 0.25) is 20.0 Å². The van der Waals surface area contributed by atoms with Gasteiger partial charge in [-0.2, -0.15) is 8.61 Å². The number of nitrogens with two attached hydrogens (primary N) is 1. The SMILES string of the molecule is Cc1cccc(S(=O)(=O)N2CCN(S(=O)(=O)c3cc(C(N)=O)n(C)c3)CC2)c1. The molecule has 1 aromatic carbocycles. The number of carbonyl (C=O) groups excluding carboxylic acids is 1. The van der Waals surface area contributed by atoms with Crippen LogP contribution in [-0.2, 0) is 27.1 Å². The maximum Gasteiger partial charge on any atom is 0.265 e. The first kappa shape index (κ1) is 20.5. The van der Waals surface area contributed by atoms with Crippen LogP contribution < -0.4 is 5.73 Å². The van der Waals surface area contributed by atoms with Gasteiger partial charge in [0.05, 0.1) is 4.90 Å². The van der Waals surface area contributed by atoms with Gasteiger partial charge >= 0.3 is 0 Å². The highest BCUT2D eigenvalue weighted by molar-refractivity contribution is 7.89. The van der Waals surface area contributed by atoms with Gasteiger partial charge in [0, 0.05) is 39.4 Å². The van der Waals surface area contributed by atoms with Crippen LogP contribution in [0.25, 0.3) is 0 Å². The second-order valence-electron chi connectivity index (χ2n) is 6.66. The number of aryl methyl sites for hydroxylation is 2. The van der Waals surface area contributed by atoms with E-state index in [-0.39, 0.29) is 41.7 Å². The molecule has 1 aromatic heterocycles. The lowest BCUT2D eigenvalue weighted by Gasteiger charge is -2.33. The zero-order valence-electron chi connectivity index (χ0n) is 15.6. The molecule has 0 atom stereocenters. The molecule has 0 aliphatic carbocycles. The summed E-state index contributed by atoms with van der Waals surface area (Å²) < 4.78 is 55.1. The predicted molar refractivity (Wildman–Crippen MR) is 103 cm³/mol. The van der Waals surface area contributed by atoms with Crippen molar-refractivity contribution in [3.8, 4) is 0 Å². The smallest absolute Gasteiger partial charge is 0.265 e. The van der Waals surface area contributed by atoms with Gasteiger partial charge in [0.1, 0.15) is 10.6 Å². The molecule has 2 aromatic rings. The van der Waals surface area contributed by atoms with Crippen molar-refractivity contribution >= 4 is 26.0 Å². The van der Waals surface area contributed by atoms with E-state index >= 15 is 0 Å². The average Bonchev–Trinajstić information content (AvgIpc) is 3.05. The fraction of sp³-hybridized carbons (Fsp3) is 0.353. The van der Waals surface area contributed by atoms with E-state index in [0.29, 0.717) is 0 Å². The zero-order valence-corrected chi connectivity index (χ0v) is 17.2. The Morgan fingerprint density at radius 3 is 1.93 bits per heavy atom. The highest BCUT2D eigenvalue weighted by Crippen LogP contribution is 2.23. The van der Waals surface area contributed by atoms with Crippen molar-refractivity contribution in [1.29, 1.82) is 0 Å². The number of benzene rings is 1. The van der Waals surface area contributed by atoms with E-state index in [9.17, 15) is 21.6 Å². The predicted octanol–water partition coefficient (Wildman–Crippen LogP) is 0.128. The van der Waals surface area contributed by atoms with Gasteiger partial charge < -0.3 is 10.3 Å². The van der Waals surface area contributed by atoms with E-state index < -0.39 is 26.0 Å². The van der Waals surface area contributed by atoms with E-state index in [1.54, 1.807) is 12.1 Å². The van der Waals surface area contributed by atoms with Crippen LogP contribution in [0.15, 0.2) is 46.3 Å². The second-order valence-corrected chi connectivity index (χ2v) is 10.5. The monoisotopic (exact) mass is 426 g/mol. The molecule has 1 fully saturated rings. The number of hydrogen-bond acceptors (Lipinski definition) is 5. The Kier molecular flexibility index (Phi) is 5.36. The molecule has 11 heteroatoms. The molecule has 0 bridgehead atoms. The molecule has 9 nitrogen and oxygen atoms in total. The second kappa shape index (κ2) is 7.32. The molecule has 0 radical (unpaired) electrons. The highest BCUT2D eigenvalue weighted by atomic mass is 32.2. The summed E-state index contributed by atoms with van der Waals surface area (Å²) in [7, 11) is -6.01. The summed E-state index contributed by atoms with van der Waals surface area (Å²) in [6.45, 7) is 1.95. The van der Waals surface area contributed by atoms with Gasteiger partial charge in [-0.25, -0.2) is 16.8 Å². The van der Waals surface area contributed by atoms with Gasteiger partial charge in [0.15, 0.2) is 0 Å². The minimum Gasteiger partial charge on any atom is -0.364 e. The molecular formula is C17H22N4O5S2. The molecule has 1 saturated heterocycles. The number of piperazine rings is 1. The lowest BCUT2D eigenvalue weighted by Crippen LogP contribution is -2.50. The van der Waals surface area contributed by atoms with Gasteiger partial charge in [-0.15, -0.1) is 0 Å².